The highest BCUT2D eigenvalue weighted by Crippen LogP contribution is 2.38. The molecule has 1 saturated carbocycles. The fourth-order valence-corrected chi connectivity index (χ4v) is 2.74. The minimum Gasteiger partial charge on any atom is -0.376 e. The highest BCUT2D eigenvalue weighted by molar-refractivity contribution is 4.93. The molecular formula is C14H27NO. The van der Waals surface area contributed by atoms with Gasteiger partial charge in [-0.15, -0.1) is 0 Å². The molecule has 1 aliphatic heterocycles. The third kappa shape index (κ3) is 3.74. The summed E-state index contributed by atoms with van der Waals surface area (Å²) in [5.74, 6) is 0.889. The quantitative estimate of drug-likeness (QED) is 0.641. The first-order valence-corrected chi connectivity index (χ1v) is 7.27. The molecule has 2 heteroatoms. The van der Waals surface area contributed by atoms with Gasteiger partial charge in [0.15, 0.2) is 0 Å². The van der Waals surface area contributed by atoms with E-state index in [0.29, 0.717) is 12.1 Å². The van der Waals surface area contributed by atoms with Crippen LogP contribution < -0.4 is 5.32 Å². The maximum atomic E-state index is 5.82. The van der Waals surface area contributed by atoms with E-state index in [1.807, 2.05) is 0 Å². The van der Waals surface area contributed by atoms with E-state index >= 15 is 0 Å². The zero-order valence-electron chi connectivity index (χ0n) is 10.7. The van der Waals surface area contributed by atoms with Crippen molar-refractivity contribution in [1.29, 1.82) is 0 Å². The molecule has 0 radical (unpaired) electrons. The van der Waals surface area contributed by atoms with Crippen LogP contribution in [0.15, 0.2) is 0 Å². The summed E-state index contributed by atoms with van der Waals surface area (Å²) in [4.78, 5) is 0. The summed E-state index contributed by atoms with van der Waals surface area (Å²) in [6, 6.07) is 0.665. The van der Waals surface area contributed by atoms with Gasteiger partial charge in [-0.05, 0) is 38.1 Å². The number of hydrogen-bond acceptors (Lipinski definition) is 2. The molecule has 0 amide bonds. The van der Waals surface area contributed by atoms with Crippen LogP contribution in [0.1, 0.15) is 58.3 Å². The molecule has 1 heterocycles. The molecule has 0 aromatic heterocycles. The van der Waals surface area contributed by atoms with Gasteiger partial charge in [-0.25, -0.2) is 0 Å². The highest BCUT2D eigenvalue weighted by atomic mass is 16.5. The van der Waals surface area contributed by atoms with Gasteiger partial charge in [0.25, 0.3) is 0 Å². The van der Waals surface area contributed by atoms with Crippen molar-refractivity contribution >= 4 is 0 Å². The van der Waals surface area contributed by atoms with Crippen molar-refractivity contribution in [2.24, 2.45) is 5.92 Å². The maximum absolute atomic E-state index is 5.82. The Morgan fingerprint density at radius 1 is 1.06 bits per heavy atom. The molecule has 2 atom stereocenters. The monoisotopic (exact) mass is 225 g/mol. The van der Waals surface area contributed by atoms with Crippen LogP contribution in [0, 0.1) is 5.92 Å². The Labute approximate surface area is 100 Å². The fraction of sp³-hybridized carbons (Fsp3) is 1.00. The van der Waals surface area contributed by atoms with Crippen molar-refractivity contribution in [2.45, 2.75) is 70.4 Å². The molecule has 0 aromatic carbocycles. The van der Waals surface area contributed by atoms with Crippen LogP contribution in [-0.2, 0) is 4.74 Å². The molecule has 94 valence electrons. The molecule has 2 unspecified atom stereocenters. The highest BCUT2D eigenvalue weighted by Gasteiger charge is 2.40. The second-order valence-electron chi connectivity index (χ2n) is 5.44. The average molecular weight is 225 g/mol. The van der Waals surface area contributed by atoms with Crippen molar-refractivity contribution in [3.63, 3.8) is 0 Å². The third-order valence-corrected chi connectivity index (χ3v) is 3.91. The van der Waals surface area contributed by atoms with E-state index in [9.17, 15) is 0 Å². The number of nitrogens with one attached hydrogen (secondary N) is 1. The van der Waals surface area contributed by atoms with Crippen LogP contribution in [0.3, 0.4) is 0 Å². The van der Waals surface area contributed by atoms with Gasteiger partial charge in [0.2, 0.25) is 0 Å². The molecular weight excluding hydrogens is 198 g/mol. The third-order valence-electron chi connectivity index (χ3n) is 3.91. The Balaban J connectivity index is 1.51. The molecule has 2 aliphatic rings. The van der Waals surface area contributed by atoms with Crippen molar-refractivity contribution in [3.05, 3.63) is 0 Å². The lowest BCUT2D eigenvalue weighted by atomic mass is 10.1. The zero-order chi connectivity index (χ0) is 11.2. The van der Waals surface area contributed by atoms with E-state index in [1.54, 1.807) is 0 Å². The van der Waals surface area contributed by atoms with Gasteiger partial charge in [-0.2, -0.15) is 0 Å². The topological polar surface area (TPSA) is 21.3 Å². The summed E-state index contributed by atoms with van der Waals surface area (Å²) < 4.78 is 5.82. The average Bonchev–Trinajstić information content (AvgIpc) is 3.04. The van der Waals surface area contributed by atoms with Crippen molar-refractivity contribution < 1.29 is 4.74 Å². The molecule has 2 rings (SSSR count). The Bertz CT molecular complexity index is 191. The van der Waals surface area contributed by atoms with Gasteiger partial charge in [-0.3, -0.25) is 0 Å². The Morgan fingerprint density at radius 3 is 2.62 bits per heavy atom. The molecule has 0 spiro atoms. The SMILES string of the molecule is CCCCCCCNC1CCOC1C1CC1. The number of ether oxygens (including phenoxy) is 1. The number of rotatable bonds is 8. The van der Waals surface area contributed by atoms with E-state index in [4.69, 9.17) is 4.74 Å². The smallest absolute Gasteiger partial charge is 0.0756 e. The van der Waals surface area contributed by atoms with Crippen LogP contribution in [0.4, 0.5) is 0 Å². The first kappa shape index (κ1) is 12.4. The molecule has 1 saturated heterocycles. The molecule has 0 bridgehead atoms. The van der Waals surface area contributed by atoms with Gasteiger partial charge in [0.1, 0.15) is 0 Å². The second kappa shape index (κ2) is 6.61. The molecule has 2 fully saturated rings. The predicted octanol–water partition coefficient (Wildman–Crippen LogP) is 3.11. The van der Waals surface area contributed by atoms with Crippen molar-refractivity contribution in [1.82, 2.24) is 5.32 Å². The van der Waals surface area contributed by atoms with E-state index in [-0.39, 0.29) is 0 Å². The molecule has 1 N–H and O–H groups in total. The normalized spacial score (nSPS) is 29.8. The van der Waals surface area contributed by atoms with Crippen LogP contribution in [0.2, 0.25) is 0 Å². The summed E-state index contributed by atoms with van der Waals surface area (Å²) in [6.07, 6.45) is 11.5. The van der Waals surface area contributed by atoms with Crippen LogP contribution in [0.25, 0.3) is 0 Å². The Kier molecular flexibility index (Phi) is 5.11. The molecule has 16 heavy (non-hydrogen) atoms. The van der Waals surface area contributed by atoms with Gasteiger partial charge >= 0.3 is 0 Å². The molecule has 1 aliphatic carbocycles. The second-order valence-corrected chi connectivity index (χ2v) is 5.44. The lowest BCUT2D eigenvalue weighted by Gasteiger charge is -2.19. The first-order chi connectivity index (χ1) is 7.92. The summed E-state index contributed by atoms with van der Waals surface area (Å²) in [6.45, 7) is 4.45. The van der Waals surface area contributed by atoms with Gasteiger partial charge in [0, 0.05) is 12.6 Å². The van der Waals surface area contributed by atoms with E-state index in [1.165, 1.54) is 57.9 Å². The van der Waals surface area contributed by atoms with Crippen molar-refractivity contribution in [3.8, 4) is 0 Å². The predicted molar refractivity (Wildman–Crippen MR) is 67.6 cm³/mol. The summed E-state index contributed by atoms with van der Waals surface area (Å²) in [5, 5.41) is 3.70. The molecule has 2 nitrogen and oxygen atoms in total. The Hall–Kier alpha value is -0.0800. The minimum atomic E-state index is 0.552. The standard InChI is InChI=1S/C14H27NO/c1-2-3-4-5-6-10-15-13-9-11-16-14(13)12-7-8-12/h12-15H,2-11H2,1H3. The lowest BCUT2D eigenvalue weighted by molar-refractivity contribution is 0.0811. The van der Waals surface area contributed by atoms with Gasteiger partial charge in [0.05, 0.1) is 6.10 Å². The van der Waals surface area contributed by atoms with Gasteiger partial charge in [-0.1, -0.05) is 32.6 Å². The first-order valence-electron chi connectivity index (χ1n) is 7.27. The van der Waals surface area contributed by atoms with E-state index in [0.717, 1.165) is 12.5 Å². The fourth-order valence-electron chi connectivity index (χ4n) is 2.74. The van der Waals surface area contributed by atoms with Crippen LogP contribution in [-0.4, -0.2) is 25.3 Å². The Morgan fingerprint density at radius 2 is 1.88 bits per heavy atom. The van der Waals surface area contributed by atoms with Crippen LogP contribution in [0.5, 0.6) is 0 Å². The van der Waals surface area contributed by atoms with Crippen molar-refractivity contribution in [2.75, 3.05) is 13.2 Å². The van der Waals surface area contributed by atoms with Crippen LogP contribution >= 0.6 is 0 Å². The molecule has 0 aromatic rings. The number of hydrogen-bond donors (Lipinski definition) is 1. The summed E-state index contributed by atoms with van der Waals surface area (Å²) >= 11 is 0. The van der Waals surface area contributed by atoms with E-state index in [2.05, 4.69) is 12.2 Å². The summed E-state index contributed by atoms with van der Waals surface area (Å²) in [7, 11) is 0. The number of unbranched alkanes of at least 4 members (excludes halogenated alkanes) is 4. The van der Waals surface area contributed by atoms with E-state index < -0.39 is 0 Å². The lowest BCUT2D eigenvalue weighted by Crippen LogP contribution is -2.38. The zero-order valence-corrected chi connectivity index (χ0v) is 10.7. The largest absolute Gasteiger partial charge is 0.376 e. The maximum Gasteiger partial charge on any atom is 0.0756 e. The minimum absolute atomic E-state index is 0.552. The van der Waals surface area contributed by atoms with Gasteiger partial charge < -0.3 is 10.1 Å². The summed E-state index contributed by atoms with van der Waals surface area (Å²) in [5.41, 5.74) is 0.